The van der Waals surface area contributed by atoms with Crippen molar-refractivity contribution in [3.05, 3.63) is 96.0 Å². The third-order valence-corrected chi connectivity index (χ3v) is 5.45. The molecule has 0 radical (unpaired) electrons. The van der Waals surface area contributed by atoms with Crippen molar-refractivity contribution in [3.63, 3.8) is 0 Å². The summed E-state index contributed by atoms with van der Waals surface area (Å²) in [6.45, 7) is 0. The van der Waals surface area contributed by atoms with Crippen LogP contribution in [0.5, 0.6) is 5.88 Å². The summed E-state index contributed by atoms with van der Waals surface area (Å²) in [6.07, 6.45) is 4.49. The van der Waals surface area contributed by atoms with Crippen LogP contribution in [0.1, 0.15) is 26.4 Å². The quantitative estimate of drug-likeness (QED) is 0.368. The lowest BCUT2D eigenvalue weighted by molar-refractivity contribution is -0.384. The van der Waals surface area contributed by atoms with Gasteiger partial charge in [0, 0.05) is 23.3 Å². The molecule has 4 rings (SSSR count). The maximum absolute atomic E-state index is 12.4. The number of nitrogens with one attached hydrogen (secondary N) is 1. The summed E-state index contributed by atoms with van der Waals surface area (Å²) in [5.74, 6) is -1.55. The number of rotatable bonds is 4. The van der Waals surface area contributed by atoms with Gasteiger partial charge < -0.3 is 5.11 Å². The number of ketones is 1. The average molecular weight is 435 g/mol. The van der Waals surface area contributed by atoms with Crippen molar-refractivity contribution in [1.29, 1.82) is 0 Å². The number of benzene rings is 2. The number of hydrogen-bond acceptors (Lipinski definition) is 7. The van der Waals surface area contributed by atoms with E-state index in [2.05, 4.69) is 5.43 Å². The van der Waals surface area contributed by atoms with Gasteiger partial charge in [-0.15, -0.1) is 0 Å². The van der Waals surface area contributed by atoms with Gasteiger partial charge in [0.25, 0.3) is 11.6 Å². The molecule has 0 fully saturated rings. The molecule has 0 unspecified atom stereocenters. The third-order valence-electron chi connectivity index (χ3n) is 4.57. The number of carbonyl (C=O) groups is 2. The Morgan fingerprint density at radius 1 is 1.10 bits per heavy atom. The van der Waals surface area contributed by atoms with Gasteiger partial charge in [0.05, 0.1) is 9.80 Å². The van der Waals surface area contributed by atoms with Gasteiger partial charge in [-0.1, -0.05) is 41.7 Å². The first-order valence-electron chi connectivity index (χ1n) is 8.89. The fourth-order valence-corrected chi connectivity index (χ4v) is 3.80. The first kappa shape index (κ1) is 20.0. The van der Waals surface area contributed by atoms with Crippen LogP contribution in [0.25, 0.3) is 17.7 Å². The Bertz CT molecular complexity index is 1350. The smallest absolute Gasteiger partial charge is 0.329 e. The zero-order valence-corrected chi connectivity index (χ0v) is 16.5. The van der Waals surface area contributed by atoms with E-state index >= 15 is 0 Å². The molecule has 1 aromatic heterocycles. The molecular formula is C21H13N3O6S. The number of non-ortho nitro benzene ring substituents is 1. The number of allylic oxidation sites excluding steroid dienone is 2. The average Bonchev–Trinajstić information content (AvgIpc) is 3.03. The van der Waals surface area contributed by atoms with Crippen LogP contribution in [0, 0.1) is 10.1 Å². The van der Waals surface area contributed by atoms with Crippen molar-refractivity contribution in [2.24, 2.45) is 0 Å². The van der Waals surface area contributed by atoms with Crippen molar-refractivity contribution in [1.82, 2.24) is 4.68 Å². The van der Waals surface area contributed by atoms with E-state index in [1.54, 1.807) is 18.2 Å². The standard InChI is InChI=1S/C21H13N3O6S/c25-17-10-7-12-3-1-2-4-15(12)16(17)11-18-20(27)23(21(28)31-18)22-19(26)13-5-8-14(9-6-13)24(29)30/h1-11,27H,(H,22,26). The molecule has 0 spiro atoms. The van der Waals surface area contributed by atoms with Crippen LogP contribution in [0.15, 0.2) is 59.4 Å². The van der Waals surface area contributed by atoms with E-state index in [0.717, 1.165) is 17.7 Å². The molecule has 0 bridgehead atoms. The van der Waals surface area contributed by atoms with Crippen molar-refractivity contribution in [2.75, 3.05) is 5.43 Å². The monoisotopic (exact) mass is 435 g/mol. The van der Waals surface area contributed by atoms with Crippen LogP contribution >= 0.6 is 11.3 Å². The van der Waals surface area contributed by atoms with Crippen molar-refractivity contribution in [2.45, 2.75) is 0 Å². The second-order valence-electron chi connectivity index (χ2n) is 6.48. The Balaban J connectivity index is 1.65. The topological polar surface area (TPSA) is 132 Å². The minimum Gasteiger partial charge on any atom is -0.492 e. The maximum Gasteiger partial charge on any atom is 0.329 e. The van der Waals surface area contributed by atoms with Crippen molar-refractivity contribution >= 4 is 46.4 Å². The predicted molar refractivity (Wildman–Crippen MR) is 115 cm³/mol. The highest BCUT2D eigenvalue weighted by atomic mass is 32.1. The molecule has 1 amide bonds. The van der Waals surface area contributed by atoms with Crippen molar-refractivity contribution < 1.29 is 19.6 Å². The second-order valence-corrected chi connectivity index (χ2v) is 7.47. The minimum atomic E-state index is -0.744. The molecular weight excluding hydrogens is 422 g/mol. The van der Waals surface area contributed by atoms with Crippen LogP contribution in [0.4, 0.5) is 5.69 Å². The fraction of sp³-hybridized carbons (Fsp3) is 0. The number of nitro groups is 1. The molecule has 10 heteroatoms. The molecule has 0 saturated heterocycles. The van der Waals surface area contributed by atoms with Gasteiger partial charge in [0.1, 0.15) is 0 Å². The lowest BCUT2D eigenvalue weighted by atomic mass is 9.91. The second kappa shape index (κ2) is 7.84. The minimum absolute atomic E-state index is 0.0597. The number of thiazole rings is 1. The summed E-state index contributed by atoms with van der Waals surface area (Å²) in [7, 11) is 0. The zero-order chi connectivity index (χ0) is 22.1. The van der Waals surface area contributed by atoms with E-state index in [4.69, 9.17) is 0 Å². The van der Waals surface area contributed by atoms with Gasteiger partial charge in [0.2, 0.25) is 5.88 Å². The molecule has 2 N–H and O–H groups in total. The van der Waals surface area contributed by atoms with E-state index in [1.165, 1.54) is 24.3 Å². The number of aromatic hydroxyl groups is 1. The largest absolute Gasteiger partial charge is 0.492 e. The van der Waals surface area contributed by atoms with Crippen LogP contribution in [0.3, 0.4) is 0 Å². The molecule has 1 heterocycles. The highest BCUT2D eigenvalue weighted by Crippen LogP contribution is 2.31. The number of amides is 1. The Hall–Kier alpha value is -4.31. The van der Waals surface area contributed by atoms with Gasteiger partial charge in [-0.3, -0.25) is 29.9 Å². The van der Waals surface area contributed by atoms with E-state index in [-0.39, 0.29) is 21.9 Å². The van der Waals surface area contributed by atoms with E-state index in [9.17, 15) is 29.6 Å². The highest BCUT2D eigenvalue weighted by molar-refractivity contribution is 7.10. The Morgan fingerprint density at radius 2 is 1.81 bits per heavy atom. The molecule has 1 aliphatic rings. The molecule has 0 saturated carbocycles. The molecule has 2 aromatic carbocycles. The predicted octanol–water partition coefficient (Wildman–Crippen LogP) is 3.04. The Kier molecular flexibility index (Phi) is 5.05. The summed E-state index contributed by atoms with van der Waals surface area (Å²) in [6, 6.07) is 12.0. The van der Waals surface area contributed by atoms with Gasteiger partial charge in [-0.25, -0.2) is 0 Å². The highest BCUT2D eigenvalue weighted by Gasteiger charge is 2.21. The normalized spacial score (nSPS) is 13.8. The number of nitro benzene ring substituents is 1. The van der Waals surface area contributed by atoms with Gasteiger partial charge in [-0.2, -0.15) is 4.68 Å². The van der Waals surface area contributed by atoms with Crippen molar-refractivity contribution in [3.8, 4) is 5.88 Å². The molecule has 9 nitrogen and oxygen atoms in total. The molecule has 1 aliphatic carbocycles. The first-order chi connectivity index (χ1) is 14.8. The number of fused-ring (bicyclic) bond motifs is 1. The molecule has 0 aliphatic heterocycles. The lowest BCUT2D eigenvalue weighted by Crippen LogP contribution is -2.29. The van der Waals surface area contributed by atoms with Crippen LogP contribution in [0.2, 0.25) is 0 Å². The Morgan fingerprint density at radius 3 is 2.52 bits per heavy atom. The Labute approximate surface area is 178 Å². The van der Waals surface area contributed by atoms with Gasteiger partial charge in [-0.05, 0) is 35.4 Å². The fourth-order valence-electron chi connectivity index (χ4n) is 3.03. The third kappa shape index (κ3) is 3.79. The molecule has 3 aromatic rings. The summed E-state index contributed by atoms with van der Waals surface area (Å²) in [5.41, 5.74) is 3.93. The number of nitrogens with zero attached hydrogens (tertiary/aromatic N) is 2. The molecule has 154 valence electrons. The first-order valence-corrected chi connectivity index (χ1v) is 9.71. The van der Waals surface area contributed by atoms with Crippen LogP contribution in [-0.2, 0) is 4.79 Å². The van der Waals surface area contributed by atoms with E-state index in [1.807, 2.05) is 12.1 Å². The number of hydrogen-bond donors (Lipinski definition) is 2. The SMILES string of the molecule is O=C1C=Cc2ccccc2C1=Cc1sc(=O)n(NC(=O)c2ccc([N+](=O)[O-])cc2)c1O. The number of carbonyl (C=O) groups excluding carboxylic acids is 2. The van der Waals surface area contributed by atoms with E-state index < -0.39 is 21.6 Å². The van der Waals surface area contributed by atoms with Gasteiger partial charge >= 0.3 is 4.87 Å². The number of aromatic nitrogens is 1. The van der Waals surface area contributed by atoms with Crippen LogP contribution in [-0.4, -0.2) is 26.4 Å². The molecule has 31 heavy (non-hydrogen) atoms. The summed E-state index contributed by atoms with van der Waals surface area (Å²) in [4.78, 5) is 46.6. The lowest BCUT2D eigenvalue weighted by Gasteiger charge is -2.12. The summed E-state index contributed by atoms with van der Waals surface area (Å²) >= 11 is 0.656. The van der Waals surface area contributed by atoms with Gasteiger partial charge in [0.15, 0.2) is 5.78 Å². The summed E-state index contributed by atoms with van der Waals surface area (Å²) < 4.78 is 0.663. The van der Waals surface area contributed by atoms with E-state index in [0.29, 0.717) is 27.1 Å². The zero-order valence-electron chi connectivity index (χ0n) is 15.6. The maximum atomic E-state index is 12.4. The van der Waals surface area contributed by atoms with Crippen LogP contribution < -0.4 is 10.3 Å². The molecule has 0 atom stereocenters. The summed E-state index contributed by atoms with van der Waals surface area (Å²) in [5, 5.41) is 21.2.